The maximum atomic E-state index is 13.6. The molecule has 3 heterocycles. The molecule has 0 radical (unpaired) electrons. The summed E-state index contributed by atoms with van der Waals surface area (Å²) in [6.45, 7) is 5.19. The molecular formula is C27H27N3O. The van der Waals surface area contributed by atoms with Gasteiger partial charge in [-0.25, -0.2) is 4.98 Å². The van der Waals surface area contributed by atoms with Crippen LogP contribution in [0, 0.1) is 0 Å². The highest BCUT2D eigenvalue weighted by Crippen LogP contribution is 2.25. The van der Waals surface area contributed by atoms with Gasteiger partial charge < -0.3 is 0 Å². The Morgan fingerprint density at radius 3 is 2.77 bits per heavy atom. The van der Waals surface area contributed by atoms with Crippen LogP contribution in [-0.4, -0.2) is 27.5 Å². The molecule has 0 amide bonds. The van der Waals surface area contributed by atoms with E-state index in [4.69, 9.17) is 0 Å². The Hall–Kier alpha value is -3.24. The number of nitrogens with zero attached hydrogens (tertiary/aromatic N) is 3. The summed E-state index contributed by atoms with van der Waals surface area (Å²) in [6.07, 6.45) is 12.6. The van der Waals surface area contributed by atoms with E-state index >= 15 is 0 Å². The van der Waals surface area contributed by atoms with E-state index in [0.717, 1.165) is 48.1 Å². The van der Waals surface area contributed by atoms with E-state index in [1.165, 1.54) is 16.7 Å². The summed E-state index contributed by atoms with van der Waals surface area (Å²) < 4.78 is 1.85. The Labute approximate surface area is 182 Å². The van der Waals surface area contributed by atoms with E-state index in [2.05, 4.69) is 59.3 Å². The molecule has 0 saturated heterocycles. The Bertz CT molecular complexity index is 1260. The number of rotatable bonds is 4. The van der Waals surface area contributed by atoms with Crippen LogP contribution in [0.15, 0.2) is 88.9 Å². The monoisotopic (exact) mass is 409 g/mol. The van der Waals surface area contributed by atoms with Crippen molar-refractivity contribution in [3.05, 3.63) is 111 Å². The van der Waals surface area contributed by atoms with Gasteiger partial charge in [0.2, 0.25) is 0 Å². The summed E-state index contributed by atoms with van der Waals surface area (Å²) >= 11 is 0. The number of hydrogen-bond acceptors (Lipinski definition) is 3. The SMILES string of the molecule is CC1=CCC=CC(CN2CCc3c(c(=O)n(Cc4ccccc4)c4ncccc34)C2)=C1. The Balaban J connectivity index is 1.53. The number of aromatic nitrogens is 2. The second kappa shape index (κ2) is 8.48. The Morgan fingerprint density at radius 2 is 1.90 bits per heavy atom. The van der Waals surface area contributed by atoms with Crippen LogP contribution in [0.1, 0.15) is 30.0 Å². The van der Waals surface area contributed by atoms with Gasteiger partial charge in [-0.15, -0.1) is 0 Å². The number of pyridine rings is 2. The largest absolute Gasteiger partial charge is 0.294 e. The zero-order chi connectivity index (χ0) is 21.2. The summed E-state index contributed by atoms with van der Waals surface area (Å²) in [5.41, 5.74) is 6.71. The summed E-state index contributed by atoms with van der Waals surface area (Å²) in [4.78, 5) is 20.6. The van der Waals surface area contributed by atoms with Gasteiger partial charge >= 0.3 is 0 Å². The highest BCUT2D eigenvalue weighted by molar-refractivity contribution is 5.80. The van der Waals surface area contributed by atoms with Crippen LogP contribution in [0.5, 0.6) is 0 Å². The van der Waals surface area contributed by atoms with E-state index in [1.54, 1.807) is 6.20 Å². The van der Waals surface area contributed by atoms with Gasteiger partial charge in [0.05, 0.1) is 6.54 Å². The third kappa shape index (κ3) is 4.04. The second-order valence-corrected chi connectivity index (χ2v) is 8.47. The van der Waals surface area contributed by atoms with Crippen LogP contribution in [-0.2, 0) is 19.5 Å². The molecule has 0 fully saturated rings. The van der Waals surface area contributed by atoms with Crippen molar-refractivity contribution < 1.29 is 0 Å². The van der Waals surface area contributed by atoms with Gasteiger partial charge in [-0.05, 0) is 48.6 Å². The molecule has 3 aromatic rings. The van der Waals surface area contributed by atoms with E-state index in [0.29, 0.717) is 13.1 Å². The molecule has 4 nitrogen and oxygen atoms in total. The first-order valence-corrected chi connectivity index (χ1v) is 11.0. The van der Waals surface area contributed by atoms with Crippen LogP contribution >= 0.6 is 0 Å². The van der Waals surface area contributed by atoms with Crippen LogP contribution in [0.25, 0.3) is 11.0 Å². The zero-order valence-corrected chi connectivity index (χ0v) is 17.9. The molecule has 0 spiro atoms. The lowest BCUT2D eigenvalue weighted by atomic mass is 9.97. The molecule has 4 heteroatoms. The lowest BCUT2D eigenvalue weighted by molar-refractivity contribution is 0.276. The van der Waals surface area contributed by atoms with Gasteiger partial charge in [0.15, 0.2) is 0 Å². The van der Waals surface area contributed by atoms with Gasteiger partial charge in [-0.2, -0.15) is 0 Å². The van der Waals surface area contributed by atoms with Gasteiger partial charge in [0.25, 0.3) is 5.56 Å². The van der Waals surface area contributed by atoms with Crippen molar-refractivity contribution >= 4 is 11.0 Å². The average molecular weight is 410 g/mol. The molecule has 1 aromatic carbocycles. The minimum atomic E-state index is 0.0937. The van der Waals surface area contributed by atoms with Crippen molar-refractivity contribution in [1.82, 2.24) is 14.5 Å². The summed E-state index contributed by atoms with van der Waals surface area (Å²) in [7, 11) is 0. The first-order chi connectivity index (χ1) is 15.2. The molecule has 2 aliphatic rings. The third-order valence-corrected chi connectivity index (χ3v) is 6.21. The summed E-state index contributed by atoms with van der Waals surface area (Å²) in [5.74, 6) is 0. The normalized spacial score (nSPS) is 16.5. The second-order valence-electron chi connectivity index (χ2n) is 8.47. The molecule has 0 atom stereocenters. The first-order valence-electron chi connectivity index (χ1n) is 11.0. The third-order valence-electron chi connectivity index (χ3n) is 6.21. The fourth-order valence-electron chi connectivity index (χ4n) is 4.70. The minimum absolute atomic E-state index is 0.0937. The van der Waals surface area contributed by atoms with Crippen LogP contribution < -0.4 is 5.56 Å². The topological polar surface area (TPSA) is 38.1 Å². The summed E-state index contributed by atoms with van der Waals surface area (Å²) in [5, 5.41) is 1.11. The van der Waals surface area contributed by atoms with Crippen molar-refractivity contribution in [3.8, 4) is 0 Å². The molecule has 0 unspecified atom stereocenters. The molecule has 2 aromatic heterocycles. The zero-order valence-electron chi connectivity index (χ0n) is 17.9. The van der Waals surface area contributed by atoms with Crippen molar-refractivity contribution in [2.24, 2.45) is 0 Å². The molecule has 0 saturated carbocycles. The molecule has 5 rings (SSSR count). The van der Waals surface area contributed by atoms with Crippen molar-refractivity contribution in [3.63, 3.8) is 0 Å². The fourth-order valence-corrected chi connectivity index (χ4v) is 4.70. The van der Waals surface area contributed by atoms with Gasteiger partial charge in [0.1, 0.15) is 5.65 Å². The van der Waals surface area contributed by atoms with Crippen molar-refractivity contribution in [2.75, 3.05) is 13.1 Å². The Kier molecular flexibility index (Phi) is 5.39. The minimum Gasteiger partial charge on any atom is -0.294 e. The predicted octanol–water partition coefficient (Wildman–Crippen LogP) is 4.64. The Morgan fingerprint density at radius 1 is 1.03 bits per heavy atom. The predicted molar refractivity (Wildman–Crippen MR) is 126 cm³/mol. The fraction of sp³-hybridized carbons (Fsp3) is 0.259. The van der Waals surface area contributed by atoms with Gasteiger partial charge in [-0.1, -0.05) is 60.2 Å². The maximum Gasteiger partial charge on any atom is 0.257 e. The van der Waals surface area contributed by atoms with Crippen molar-refractivity contribution in [1.29, 1.82) is 0 Å². The quantitative estimate of drug-likeness (QED) is 0.630. The van der Waals surface area contributed by atoms with E-state index in [1.807, 2.05) is 28.8 Å². The molecular weight excluding hydrogens is 382 g/mol. The number of benzene rings is 1. The van der Waals surface area contributed by atoms with Crippen LogP contribution in [0.3, 0.4) is 0 Å². The van der Waals surface area contributed by atoms with E-state index in [-0.39, 0.29) is 5.56 Å². The van der Waals surface area contributed by atoms with Gasteiger partial charge in [0, 0.05) is 36.8 Å². The maximum absolute atomic E-state index is 13.6. The molecule has 1 aliphatic carbocycles. The number of fused-ring (bicyclic) bond motifs is 3. The number of hydrogen-bond donors (Lipinski definition) is 0. The van der Waals surface area contributed by atoms with Crippen LogP contribution in [0.4, 0.5) is 0 Å². The molecule has 156 valence electrons. The summed E-state index contributed by atoms with van der Waals surface area (Å²) in [6, 6.07) is 14.2. The van der Waals surface area contributed by atoms with E-state index in [9.17, 15) is 4.79 Å². The van der Waals surface area contributed by atoms with Gasteiger partial charge in [-0.3, -0.25) is 14.3 Å². The number of allylic oxidation sites excluding steroid dienone is 4. The van der Waals surface area contributed by atoms with Crippen molar-refractivity contribution in [2.45, 2.75) is 32.9 Å². The molecule has 0 bridgehead atoms. The van der Waals surface area contributed by atoms with E-state index < -0.39 is 0 Å². The van der Waals surface area contributed by atoms with Crippen LogP contribution in [0.2, 0.25) is 0 Å². The highest BCUT2D eigenvalue weighted by Gasteiger charge is 2.24. The molecule has 1 aliphatic heterocycles. The molecule has 31 heavy (non-hydrogen) atoms. The lowest BCUT2D eigenvalue weighted by Crippen LogP contribution is -2.38. The first kappa shape index (κ1) is 19.7. The smallest absolute Gasteiger partial charge is 0.257 e. The lowest BCUT2D eigenvalue weighted by Gasteiger charge is -2.30. The average Bonchev–Trinajstić information content (AvgIpc) is 3.01. The standard InChI is InChI=1S/C27H27N3O/c1-20-8-5-6-11-22(16-20)17-29-15-13-23-24-12-7-14-28-26(24)30(27(31)25(23)19-29)18-21-9-3-2-4-10-21/h2-4,6-12,14,16H,5,13,15,17-19H2,1H3. The molecule has 0 N–H and O–H groups in total. The highest BCUT2D eigenvalue weighted by atomic mass is 16.1.